The number of anilines is 2. The molecule has 0 radical (unpaired) electrons. The molecule has 3 aromatic rings. The van der Waals surface area contributed by atoms with E-state index in [0.29, 0.717) is 30.2 Å². The Balaban J connectivity index is 1.71. The summed E-state index contributed by atoms with van der Waals surface area (Å²) in [6, 6.07) is 5.58. The number of halogens is 3. The molecule has 4 rings (SSSR count). The van der Waals surface area contributed by atoms with E-state index in [0.717, 1.165) is 23.7 Å². The Kier molecular flexibility index (Phi) is 5.95. The molecule has 2 aromatic heterocycles. The number of ether oxygens (including phenoxy) is 1. The van der Waals surface area contributed by atoms with Gasteiger partial charge in [-0.1, -0.05) is 18.2 Å². The van der Waals surface area contributed by atoms with Crippen LogP contribution in [-0.2, 0) is 4.74 Å². The number of benzene rings is 1. The lowest BCUT2D eigenvalue weighted by atomic mass is 10.0. The zero-order valence-electron chi connectivity index (χ0n) is 17.6. The average molecular weight is 431 g/mol. The number of alkyl halides is 2. The predicted octanol–water partition coefficient (Wildman–Crippen LogP) is 4.81. The van der Waals surface area contributed by atoms with Gasteiger partial charge in [-0.15, -0.1) is 5.10 Å². The molecule has 1 fully saturated rings. The van der Waals surface area contributed by atoms with Crippen molar-refractivity contribution in [2.24, 2.45) is 0 Å². The van der Waals surface area contributed by atoms with Crippen molar-refractivity contribution in [3.8, 4) is 0 Å². The Morgan fingerprint density at radius 2 is 2.00 bits per heavy atom. The number of aromatic nitrogens is 3. The summed E-state index contributed by atoms with van der Waals surface area (Å²) in [6.07, 6.45) is -1.08. The Labute approximate surface area is 178 Å². The second kappa shape index (κ2) is 8.66. The van der Waals surface area contributed by atoms with E-state index in [-0.39, 0.29) is 11.6 Å². The normalized spacial score (nSPS) is 17.9. The van der Waals surface area contributed by atoms with E-state index in [1.165, 1.54) is 12.1 Å². The van der Waals surface area contributed by atoms with Crippen molar-refractivity contribution in [2.75, 3.05) is 30.0 Å². The number of nitrogens with zero attached hydrogens (tertiary/aromatic N) is 4. The van der Waals surface area contributed by atoms with Gasteiger partial charge in [0.2, 0.25) is 0 Å². The van der Waals surface area contributed by atoms with Crippen LogP contribution in [0.5, 0.6) is 0 Å². The first kappa shape index (κ1) is 21.3. The molecule has 0 bridgehead atoms. The summed E-state index contributed by atoms with van der Waals surface area (Å²) < 4.78 is 46.3. The smallest absolute Gasteiger partial charge is 0.266 e. The van der Waals surface area contributed by atoms with Crippen molar-refractivity contribution in [1.29, 1.82) is 0 Å². The quantitative estimate of drug-likeness (QED) is 0.626. The van der Waals surface area contributed by atoms with E-state index >= 15 is 0 Å². The Bertz CT molecular complexity index is 1090. The van der Waals surface area contributed by atoms with Crippen molar-refractivity contribution in [1.82, 2.24) is 15.2 Å². The molecule has 9 heteroatoms. The van der Waals surface area contributed by atoms with Crippen molar-refractivity contribution in [2.45, 2.75) is 39.3 Å². The van der Waals surface area contributed by atoms with Crippen LogP contribution in [0.3, 0.4) is 0 Å². The van der Waals surface area contributed by atoms with Crippen LogP contribution in [0.25, 0.3) is 10.9 Å². The summed E-state index contributed by atoms with van der Waals surface area (Å²) in [5.74, 6) is -0.493. The van der Waals surface area contributed by atoms with E-state index in [1.807, 2.05) is 13.0 Å². The number of hydrogen-bond acceptors (Lipinski definition) is 6. The van der Waals surface area contributed by atoms with E-state index in [9.17, 15) is 13.2 Å². The van der Waals surface area contributed by atoms with Crippen LogP contribution in [0.15, 0.2) is 30.5 Å². The summed E-state index contributed by atoms with van der Waals surface area (Å²) in [4.78, 5) is 6.80. The summed E-state index contributed by atoms with van der Waals surface area (Å²) >= 11 is 0. The first-order chi connectivity index (χ1) is 14.9. The average Bonchev–Trinajstić information content (AvgIpc) is 2.75. The number of hydrogen-bond donors (Lipinski definition) is 1. The number of nitrogens with one attached hydrogen (secondary N) is 1. The van der Waals surface area contributed by atoms with Gasteiger partial charge in [-0.25, -0.2) is 13.2 Å². The maximum atomic E-state index is 14.6. The molecule has 1 aliphatic heterocycles. The van der Waals surface area contributed by atoms with Gasteiger partial charge in [-0.05, 0) is 26.8 Å². The lowest BCUT2D eigenvalue weighted by Gasteiger charge is -2.35. The molecule has 1 N–H and O–H groups in total. The standard InChI is InChI=1S/C22H24F3N5O/c1-12-11-31-8-7-30(12)15-9-18-20(26-10-15)14(3)28-29-22(18)27-13(2)16-5-4-6-17(19(16)23)21(24)25/h4-6,9-10,12-13,21H,7-8,11H2,1-3H3,(H,27,29). The Hall–Kier alpha value is -2.94. The van der Waals surface area contributed by atoms with Crippen LogP contribution in [0.4, 0.5) is 24.7 Å². The zero-order valence-corrected chi connectivity index (χ0v) is 17.6. The number of rotatable bonds is 5. The number of morpholine rings is 1. The molecule has 2 atom stereocenters. The Morgan fingerprint density at radius 3 is 2.74 bits per heavy atom. The lowest BCUT2D eigenvalue weighted by molar-refractivity contribution is 0.0989. The summed E-state index contributed by atoms with van der Waals surface area (Å²) in [7, 11) is 0. The van der Waals surface area contributed by atoms with Crippen LogP contribution < -0.4 is 10.2 Å². The molecule has 2 unspecified atom stereocenters. The molecule has 1 saturated heterocycles. The maximum Gasteiger partial charge on any atom is 0.266 e. The van der Waals surface area contributed by atoms with Crippen molar-refractivity contribution in [3.05, 3.63) is 53.1 Å². The monoisotopic (exact) mass is 431 g/mol. The maximum absolute atomic E-state index is 14.6. The van der Waals surface area contributed by atoms with Crippen molar-refractivity contribution < 1.29 is 17.9 Å². The van der Waals surface area contributed by atoms with Crippen LogP contribution >= 0.6 is 0 Å². The van der Waals surface area contributed by atoms with Gasteiger partial charge in [0.25, 0.3) is 6.43 Å². The molecule has 1 aliphatic rings. The number of pyridine rings is 1. The van der Waals surface area contributed by atoms with Crippen molar-refractivity contribution in [3.63, 3.8) is 0 Å². The molecule has 164 valence electrons. The van der Waals surface area contributed by atoms with Gasteiger partial charge in [-0.2, -0.15) is 5.10 Å². The fraction of sp³-hybridized carbons (Fsp3) is 0.409. The summed E-state index contributed by atoms with van der Waals surface area (Å²) in [5.41, 5.74) is 1.80. The van der Waals surface area contributed by atoms with Crippen LogP contribution in [0.1, 0.15) is 43.1 Å². The summed E-state index contributed by atoms with van der Waals surface area (Å²) in [6.45, 7) is 7.61. The zero-order chi connectivity index (χ0) is 22.1. The third-order valence-corrected chi connectivity index (χ3v) is 5.58. The van der Waals surface area contributed by atoms with Gasteiger partial charge in [0.05, 0.1) is 47.9 Å². The highest BCUT2D eigenvalue weighted by Gasteiger charge is 2.23. The van der Waals surface area contributed by atoms with Gasteiger partial charge in [-0.3, -0.25) is 4.98 Å². The van der Waals surface area contributed by atoms with Crippen LogP contribution in [0, 0.1) is 12.7 Å². The molecule has 0 aliphatic carbocycles. The third-order valence-electron chi connectivity index (χ3n) is 5.58. The fourth-order valence-corrected chi connectivity index (χ4v) is 3.88. The van der Waals surface area contributed by atoms with Crippen LogP contribution in [-0.4, -0.2) is 41.0 Å². The van der Waals surface area contributed by atoms with E-state index in [1.54, 1.807) is 13.1 Å². The molecule has 0 spiro atoms. The highest BCUT2D eigenvalue weighted by Crippen LogP contribution is 2.32. The van der Waals surface area contributed by atoms with Gasteiger partial charge in [0, 0.05) is 23.5 Å². The molecular weight excluding hydrogens is 407 g/mol. The van der Waals surface area contributed by atoms with Gasteiger partial charge in [0.15, 0.2) is 5.82 Å². The van der Waals surface area contributed by atoms with Gasteiger partial charge < -0.3 is 15.0 Å². The van der Waals surface area contributed by atoms with Crippen LogP contribution in [0.2, 0.25) is 0 Å². The summed E-state index contributed by atoms with van der Waals surface area (Å²) in [5, 5.41) is 12.3. The Morgan fingerprint density at radius 1 is 1.23 bits per heavy atom. The molecule has 31 heavy (non-hydrogen) atoms. The number of aryl methyl sites for hydroxylation is 1. The lowest BCUT2D eigenvalue weighted by Crippen LogP contribution is -2.43. The third kappa shape index (κ3) is 4.14. The molecule has 6 nitrogen and oxygen atoms in total. The minimum Gasteiger partial charge on any atom is -0.377 e. The topological polar surface area (TPSA) is 63.2 Å². The minimum absolute atomic E-state index is 0.138. The van der Waals surface area contributed by atoms with E-state index in [4.69, 9.17) is 4.74 Å². The SMILES string of the molecule is Cc1nnc(NC(C)c2cccc(C(F)F)c2F)c2cc(N3CCOCC3C)cnc12. The van der Waals surface area contributed by atoms with E-state index in [2.05, 4.69) is 32.3 Å². The number of fused-ring (bicyclic) bond motifs is 1. The van der Waals surface area contributed by atoms with E-state index < -0.39 is 23.8 Å². The minimum atomic E-state index is -2.88. The first-order valence-corrected chi connectivity index (χ1v) is 10.2. The largest absolute Gasteiger partial charge is 0.377 e. The molecule has 1 aromatic carbocycles. The fourth-order valence-electron chi connectivity index (χ4n) is 3.88. The highest BCUT2D eigenvalue weighted by atomic mass is 19.3. The van der Waals surface area contributed by atoms with Gasteiger partial charge in [0.1, 0.15) is 5.82 Å². The predicted molar refractivity (Wildman–Crippen MR) is 113 cm³/mol. The highest BCUT2D eigenvalue weighted by molar-refractivity contribution is 5.92. The molecular formula is C22H24F3N5O. The first-order valence-electron chi connectivity index (χ1n) is 10.2. The molecule has 0 amide bonds. The van der Waals surface area contributed by atoms with Crippen molar-refractivity contribution >= 4 is 22.4 Å². The molecule has 3 heterocycles. The second-order valence-electron chi connectivity index (χ2n) is 7.76. The molecule has 0 saturated carbocycles. The van der Waals surface area contributed by atoms with Gasteiger partial charge >= 0.3 is 0 Å². The second-order valence-corrected chi connectivity index (χ2v) is 7.76.